The van der Waals surface area contributed by atoms with E-state index in [-0.39, 0.29) is 0 Å². The SMILES string of the molecule is CN=C(NCC1(SC)CCOCC1)N1CCC2(CCC2)C1. The summed E-state index contributed by atoms with van der Waals surface area (Å²) in [5.74, 6) is 1.11. The highest BCUT2D eigenvalue weighted by Gasteiger charge is 2.43. The van der Waals surface area contributed by atoms with Crippen LogP contribution in [0.15, 0.2) is 4.99 Å². The topological polar surface area (TPSA) is 36.9 Å². The van der Waals surface area contributed by atoms with Crippen LogP contribution in [-0.4, -0.2) is 61.8 Å². The molecule has 0 aromatic heterocycles. The first kappa shape index (κ1) is 15.5. The average molecular weight is 311 g/mol. The van der Waals surface area contributed by atoms with Crippen molar-refractivity contribution in [1.29, 1.82) is 0 Å². The first-order valence-electron chi connectivity index (χ1n) is 8.30. The lowest BCUT2D eigenvalue weighted by Gasteiger charge is -2.39. The number of nitrogens with one attached hydrogen (secondary N) is 1. The van der Waals surface area contributed by atoms with Crippen molar-refractivity contribution in [3.05, 3.63) is 0 Å². The minimum Gasteiger partial charge on any atom is -0.381 e. The molecule has 1 spiro atoms. The largest absolute Gasteiger partial charge is 0.381 e. The predicted octanol–water partition coefficient (Wildman–Crippen LogP) is 2.35. The molecule has 3 fully saturated rings. The molecule has 4 nitrogen and oxygen atoms in total. The Balaban J connectivity index is 1.55. The number of ether oxygens (including phenoxy) is 1. The average Bonchev–Trinajstić information content (AvgIpc) is 2.95. The zero-order valence-corrected chi connectivity index (χ0v) is 14.3. The number of hydrogen-bond acceptors (Lipinski definition) is 3. The molecule has 0 radical (unpaired) electrons. The van der Waals surface area contributed by atoms with Crippen molar-refractivity contribution < 1.29 is 4.74 Å². The van der Waals surface area contributed by atoms with Crippen molar-refractivity contribution in [3.8, 4) is 0 Å². The normalized spacial score (nSPS) is 27.7. The van der Waals surface area contributed by atoms with Crippen LogP contribution in [0, 0.1) is 5.41 Å². The zero-order chi connectivity index (χ0) is 14.8. The highest BCUT2D eigenvalue weighted by atomic mass is 32.2. The van der Waals surface area contributed by atoms with Gasteiger partial charge in [0.05, 0.1) is 0 Å². The summed E-state index contributed by atoms with van der Waals surface area (Å²) in [6.45, 7) is 5.19. The Labute approximate surface area is 133 Å². The summed E-state index contributed by atoms with van der Waals surface area (Å²) in [6, 6.07) is 0. The Morgan fingerprint density at radius 3 is 2.52 bits per heavy atom. The summed E-state index contributed by atoms with van der Waals surface area (Å²) in [6.07, 6.45) is 10.1. The van der Waals surface area contributed by atoms with Crippen LogP contribution in [0.4, 0.5) is 0 Å². The maximum Gasteiger partial charge on any atom is 0.193 e. The summed E-state index contributed by atoms with van der Waals surface area (Å²) in [7, 11) is 1.92. The van der Waals surface area contributed by atoms with E-state index >= 15 is 0 Å². The molecule has 0 aromatic carbocycles. The van der Waals surface area contributed by atoms with Gasteiger partial charge >= 0.3 is 0 Å². The van der Waals surface area contributed by atoms with Gasteiger partial charge in [-0.1, -0.05) is 6.42 Å². The van der Waals surface area contributed by atoms with Crippen molar-refractivity contribution in [1.82, 2.24) is 10.2 Å². The van der Waals surface area contributed by atoms with Crippen LogP contribution >= 0.6 is 11.8 Å². The lowest BCUT2D eigenvalue weighted by Crippen LogP contribution is -2.49. The van der Waals surface area contributed by atoms with Crippen LogP contribution < -0.4 is 5.32 Å². The van der Waals surface area contributed by atoms with Crippen molar-refractivity contribution in [3.63, 3.8) is 0 Å². The smallest absolute Gasteiger partial charge is 0.193 e. The first-order chi connectivity index (χ1) is 10.2. The van der Waals surface area contributed by atoms with Crippen LogP contribution in [0.2, 0.25) is 0 Å². The number of likely N-dealkylation sites (tertiary alicyclic amines) is 1. The highest BCUT2D eigenvalue weighted by molar-refractivity contribution is 8.00. The molecule has 120 valence electrons. The van der Waals surface area contributed by atoms with Crippen LogP contribution in [-0.2, 0) is 4.74 Å². The van der Waals surface area contributed by atoms with E-state index in [2.05, 4.69) is 21.5 Å². The summed E-state index contributed by atoms with van der Waals surface area (Å²) < 4.78 is 5.85. The number of aliphatic imine (C=N–C) groups is 1. The van der Waals surface area contributed by atoms with E-state index in [0.717, 1.165) is 38.6 Å². The molecule has 0 amide bonds. The molecule has 2 heterocycles. The number of guanidine groups is 1. The predicted molar refractivity (Wildman–Crippen MR) is 90.1 cm³/mol. The Morgan fingerprint density at radius 2 is 2.00 bits per heavy atom. The molecule has 5 heteroatoms. The molecule has 21 heavy (non-hydrogen) atoms. The Morgan fingerprint density at radius 1 is 1.24 bits per heavy atom. The first-order valence-corrected chi connectivity index (χ1v) is 9.52. The van der Waals surface area contributed by atoms with E-state index in [0.29, 0.717) is 10.2 Å². The monoisotopic (exact) mass is 311 g/mol. The molecule has 0 atom stereocenters. The third kappa shape index (κ3) is 3.19. The lowest BCUT2D eigenvalue weighted by molar-refractivity contribution is 0.0781. The van der Waals surface area contributed by atoms with Gasteiger partial charge in [0.25, 0.3) is 0 Å². The van der Waals surface area contributed by atoms with E-state index in [4.69, 9.17) is 4.74 Å². The number of nitrogens with zero attached hydrogens (tertiary/aromatic N) is 2. The van der Waals surface area contributed by atoms with E-state index in [1.807, 2.05) is 18.8 Å². The van der Waals surface area contributed by atoms with Gasteiger partial charge in [0.2, 0.25) is 0 Å². The summed E-state index contributed by atoms with van der Waals surface area (Å²) in [4.78, 5) is 7.01. The fourth-order valence-electron chi connectivity index (χ4n) is 3.97. The Kier molecular flexibility index (Phi) is 4.69. The summed E-state index contributed by atoms with van der Waals surface area (Å²) in [5.41, 5.74) is 0.632. The van der Waals surface area contributed by atoms with Gasteiger partial charge < -0.3 is 15.0 Å². The molecule has 0 bridgehead atoms. The third-order valence-corrected chi connectivity index (χ3v) is 7.19. The summed E-state index contributed by atoms with van der Waals surface area (Å²) >= 11 is 1.99. The molecule has 1 saturated carbocycles. The Bertz CT molecular complexity index is 389. The maximum absolute atomic E-state index is 5.53. The van der Waals surface area contributed by atoms with Crippen LogP contribution in [0.3, 0.4) is 0 Å². The molecule has 2 saturated heterocycles. The minimum atomic E-state index is 0.321. The van der Waals surface area contributed by atoms with Gasteiger partial charge in [-0.05, 0) is 43.8 Å². The van der Waals surface area contributed by atoms with E-state index in [9.17, 15) is 0 Å². The van der Waals surface area contributed by atoms with Crippen molar-refractivity contribution in [2.75, 3.05) is 46.2 Å². The van der Waals surface area contributed by atoms with Crippen LogP contribution in [0.25, 0.3) is 0 Å². The van der Waals surface area contributed by atoms with Crippen molar-refractivity contribution in [2.45, 2.75) is 43.3 Å². The van der Waals surface area contributed by atoms with Gasteiger partial charge in [-0.2, -0.15) is 11.8 Å². The molecule has 3 aliphatic rings. The molecule has 3 rings (SSSR count). The minimum absolute atomic E-state index is 0.321. The number of hydrogen-bond donors (Lipinski definition) is 1. The molecular weight excluding hydrogens is 282 g/mol. The van der Waals surface area contributed by atoms with Crippen LogP contribution in [0.5, 0.6) is 0 Å². The maximum atomic E-state index is 5.53. The lowest BCUT2D eigenvalue weighted by atomic mass is 9.68. The molecule has 0 unspecified atom stereocenters. The number of thioether (sulfide) groups is 1. The molecule has 1 N–H and O–H groups in total. The molecule has 2 aliphatic heterocycles. The van der Waals surface area contributed by atoms with Gasteiger partial charge in [0.1, 0.15) is 0 Å². The fourth-order valence-corrected chi connectivity index (χ4v) is 4.76. The zero-order valence-electron chi connectivity index (χ0n) is 13.5. The molecule has 1 aliphatic carbocycles. The third-order valence-electron chi connectivity index (χ3n) is 5.77. The van der Waals surface area contributed by atoms with Gasteiger partial charge in [-0.15, -0.1) is 0 Å². The molecule has 0 aromatic rings. The molecular formula is C16H29N3OS. The van der Waals surface area contributed by atoms with E-state index < -0.39 is 0 Å². The highest BCUT2D eigenvalue weighted by Crippen LogP contribution is 2.47. The second-order valence-electron chi connectivity index (χ2n) is 6.93. The van der Waals surface area contributed by atoms with Crippen LogP contribution in [0.1, 0.15) is 38.5 Å². The Hall–Kier alpha value is -0.420. The van der Waals surface area contributed by atoms with E-state index in [1.54, 1.807) is 0 Å². The van der Waals surface area contributed by atoms with Crippen molar-refractivity contribution >= 4 is 17.7 Å². The van der Waals surface area contributed by atoms with Crippen molar-refractivity contribution in [2.24, 2.45) is 10.4 Å². The van der Waals surface area contributed by atoms with Gasteiger partial charge in [0, 0.05) is 44.6 Å². The van der Waals surface area contributed by atoms with Gasteiger partial charge in [-0.3, -0.25) is 4.99 Å². The quantitative estimate of drug-likeness (QED) is 0.641. The van der Waals surface area contributed by atoms with Gasteiger partial charge in [0.15, 0.2) is 5.96 Å². The number of rotatable bonds is 3. The standard InChI is InChI=1S/C16H29N3OS/c1-17-14(19-9-6-15(13-19)4-3-5-15)18-12-16(21-2)7-10-20-11-8-16/h3-13H2,1-2H3,(H,17,18). The summed E-state index contributed by atoms with van der Waals surface area (Å²) in [5, 5.41) is 3.66. The second kappa shape index (κ2) is 6.37. The van der Waals surface area contributed by atoms with E-state index in [1.165, 1.54) is 38.8 Å². The fraction of sp³-hybridized carbons (Fsp3) is 0.938. The van der Waals surface area contributed by atoms with Gasteiger partial charge in [-0.25, -0.2) is 0 Å². The second-order valence-corrected chi connectivity index (χ2v) is 8.20.